The maximum absolute atomic E-state index is 12.0. The fraction of sp³-hybridized carbons (Fsp3) is 0.424. The lowest BCUT2D eigenvalue weighted by atomic mass is 9.87. The molecule has 4 rings (SSSR count). The highest BCUT2D eigenvalue weighted by atomic mass is 28.4. The molecule has 0 radical (unpaired) electrons. The van der Waals surface area contributed by atoms with Crippen LogP contribution in [0.25, 0.3) is 0 Å². The molecule has 0 saturated heterocycles. The Morgan fingerprint density at radius 2 is 1.74 bits per heavy atom. The van der Waals surface area contributed by atoms with Gasteiger partial charge in [-0.2, -0.15) is 0 Å². The maximum atomic E-state index is 12.0. The lowest BCUT2D eigenvalue weighted by molar-refractivity contribution is 0.0525. The van der Waals surface area contributed by atoms with Crippen molar-refractivity contribution in [1.29, 1.82) is 0 Å². The van der Waals surface area contributed by atoms with Gasteiger partial charge in [0.1, 0.15) is 11.5 Å². The second-order valence-corrected chi connectivity index (χ2v) is 16.5. The van der Waals surface area contributed by atoms with Gasteiger partial charge in [0, 0.05) is 17.9 Å². The minimum Gasteiger partial charge on any atom is -0.493 e. The Morgan fingerprint density at radius 1 is 0.974 bits per heavy atom. The molecule has 0 unspecified atom stereocenters. The van der Waals surface area contributed by atoms with Crippen molar-refractivity contribution in [3.8, 4) is 11.5 Å². The van der Waals surface area contributed by atoms with E-state index in [4.69, 9.17) is 18.6 Å². The van der Waals surface area contributed by atoms with Crippen molar-refractivity contribution in [3.63, 3.8) is 0 Å². The van der Waals surface area contributed by atoms with Gasteiger partial charge < -0.3 is 18.6 Å². The SMILES string of the molecule is CCOC(=O)c1cccc(OCCc2ccc3c(c2)OC[C@H](Cc2ccccc2)[C@H]3O[Si](C)(C)C(C)(C)C)c1. The summed E-state index contributed by atoms with van der Waals surface area (Å²) in [5.74, 6) is 1.47. The number of ether oxygens (including phenoxy) is 3. The molecule has 208 valence electrons. The quantitative estimate of drug-likeness (QED) is 0.192. The predicted molar refractivity (Wildman–Crippen MR) is 158 cm³/mol. The van der Waals surface area contributed by atoms with Gasteiger partial charge in [-0.3, -0.25) is 0 Å². The number of hydrogen-bond acceptors (Lipinski definition) is 5. The van der Waals surface area contributed by atoms with E-state index in [1.807, 2.05) is 12.1 Å². The largest absolute Gasteiger partial charge is 0.493 e. The molecule has 1 heterocycles. The number of carbonyl (C=O) groups is 1. The molecular weight excluding hydrogens is 504 g/mol. The first-order valence-electron chi connectivity index (χ1n) is 13.9. The molecule has 0 aromatic heterocycles. The second-order valence-electron chi connectivity index (χ2n) is 11.8. The number of rotatable bonds is 10. The van der Waals surface area contributed by atoms with Gasteiger partial charge in [-0.1, -0.05) is 69.3 Å². The van der Waals surface area contributed by atoms with Gasteiger partial charge >= 0.3 is 5.97 Å². The maximum Gasteiger partial charge on any atom is 0.338 e. The predicted octanol–water partition coefficient (Wildman–Crippen LogP) is 7.80. The zero-order chi connectivity index (χ0) is 28.0. The van der Waals surface area contributed by atoms with Crippen molar-refractivity contribution >= 4 is 14.3 Å². The highest BCUT2D eigenvalue weighted by Gasteiger charge is 2.43. The van der Waals surface area contributed by atoms with E-state index < -0.39 is 8.32 Å². The van der Waals surface area contributed by atoms with E-state index in [1.54, 1.807) is 19.1 Å². The van der Waals surface area contributed by atoms with Crippen LogP contribution in [0.5, 0.6) is 11.5 Å². The standard InChI is InChI=1S/C33H42O5Si/c1-7-35-32(34)26-14-11-15-28(22-26)36-19-18-25-16-17-29-30(21-25)37-23-27(20-24-12-9-8-10-13-24)31(29)38-39(5,6)33(2,3)4/h8-17,21-22,27,31H,7,18-20,23H2,1-6H3/t27-,31+/m0/s1. The van der Waals surface area contributed by atoms with E-state index in [0.717, 1.165) is 29.7 Å². The highest BCUT2D eigenvalue weighted by molar-refractivity contribution is 6.74. The summed E-state index contributed by atoms with van der Waals surface area (Å²) < 4.78 is 24.5. The number of hydrogen-bond donors (Lipinski definition) is 0. The third-order valence-electron chi connectivity index (χ3n) is 7.84. The van der Waals surface area contributed by atoms with Crippen LogP contribution in [-0.4, -0.2) is 34.1 Å². The van der Waals surface area contributed by atoms with Crippen LogP contribution in [0.3, 0.4) is 0 Å². The average molecular weight is 547 g/mol. The molecule has 0 spiro atoms. The Bertz CT molecular complexity index is 1250. The lowest BCUT2D eigenvalue weighted by Crippen LogP contribution is -2.45. The number of benzene rings is 3. The van der Waals surface area contributed by atoms with Crippen LogP contribution < -0.4 is 9.47 Å². The third kappa shape index (κ3) is 7.31. The zero-order valence-corrected chi connectivity index (χ0v) is 25.2. The van der Waals surface area contributed by atoms with Crippen LogP contribution in [-0.2, 0) is 22.0 Å². The molecular formula is C33H42O5Si. The van der Waals surface area contributed by atoms with Crippen LogP contribution in [0.2, 0.25) is 18.1 Å². The smallest absolute Gasteiger partial charge is 0.338 e. The molecule has 0 N–H and O–H groups in total. The monoisotopic (exact) mass is 546 g/mol. The average Bonchev–Trinajstić information content (AvgIpc) is 2.90. The number of fused-ring (bicyclic) bond motifs is 1. The first-order chi connectivity index (χ1) is 18.6. The summed E-state index contributed by atoms with van der Waals surface area (Å²) in [5.41, 5.74) is 4.08. The molecule has 3 aromatic carbocycles. The summed E-state index contributed by atoms with van der Waals surface area (Å²) in [6, 6.07) is 24.2. The van der Waals surface area contributed by atoms with Gasteiger partial charge in [-0.15, -0.1) is 0 Å². The molecule has 1 aliphatic rings. The molecule has 6 heteroatoms. The molecule has 39 heavy (non-hydrogen) atoms. The summed E-state index contributed by atoms with van der Waals surface area (Å²) in [7, 11) is -2.02. The Balaban J connectivity index is 1.48. The van der Waals surface area contributed by atoms with Gasteiger partial charge in [0.2, 0.25) is 0 Å². The van der Waals surface area contributed by atoms with Gasteiger partial charge in [-0.25, -0.2) is 4.79 Å². The molecule has 3 aromatic rings. The van der Waals surface area contributed by atoms with Crippen molar-refractivity contribution in [3.05, 3.63) is 95.1 Å². The minimum absolute atomic E-state index is 0.00855. The van der Waals surface area contributed by atoms with E-state index in [2.05, 4.69) is 82.4 Å². The first-order valence-corrected chi connectivity index (χ1v) is 16.9. The van der Waals surface area contributed by atoms with Gasteiger partial charge in [0.15, 0.2) is 8.32 Å². The molecule has 0 saturated carbocycles. The van der Waals surface area contributed by atoms with Gasteiger partial charge in [0.25, 0.3) is 0 Å². The van der Waals surface area contributed by atoms with E-state index in [0.29, 0.717) is 31.1 Å². The molecule has 0 aliphatic carbocycles. The lowest BCUT2D eigenvalue weighted by Gasteiger charge is -2.43. The second kappa shape index (κ2) is 12.4. The normalized spacial score (nSPS) is 17.2. The Kier molecular flexibility index (Phi) is 9.18. The van der Waals surface area contributed by atoms with E-state index in [1.165, 1.54) is 5.56 Å². The van der Waals surface area contributed by atoms with Crippen molar-refractivity contribution in [2.45, 2.75) is 64.8 Å². The van der Waals surface area contributed by atoms with Crippen LogP contribution in [0, 0.1) is 5.92 Å². The fourth-order valence-electron chi connectivity index (χ4n) is 4.58. The van der Waals surface area contributed by atoms with Gasteiger partial charge in [0.05, 0.1) is 31.5 Å². The molecule has 0 fully saturated rings. The summed E-state index contributed by atoms with van der Waals surface area (Å²) in [6.45, 7) is 14.8. The summed E-state index contributed by atoms with van der Waals surface area (Å²) in [6.07, 6.45) is 1.63. The van der Waals surface area contributed by atoms with Crippen molar-refractivity contribution in [1.82, 2.24) is 0 Å². The summed E-state index contributed by atoms with van der Waals surface area (Å²) in [5, 5.41) is 0.116. The van der Waals surface area contributed by atoms with E-state index in [9.17, 15) is 4.79 Å². The Morgan fingerprint density at radius 3 is 2.46 bits per heavy atom. The van der Waals surface area contributed by atoms with Crippen molar-refractivity contribution in [2.75, 3.05) is 19.8 Å². The topological polar surface area (TPSA) is 54.0 Å². The first kappa shape index (κ1) is 28.9. The van der Waals surface area contributed by atoms with E-state index in [-0.39, 0.29) is 23.0 Å². The van der Waals surface area contributed by atoms with E-state index >= 15 is 0 Å². The molecule has 0 amide bonds. The third-order valence-corrected chi connectivity index (χ3v) is 12.3. The number of esters is 1. The Hall–Kier alpha value is -3.09. The molecule has 1 aliphatic heterocycles. The van der Waals surface area contributed by atoms with Crippen molar-refractivity contribution in [2.24, 2.45) is 5.92 Å². The fourth-order valence-corrected chi connectivity index (χ4v) is 5.89. The summed E-state index contributed by atoms with van der Waals surface area (Å²) >= 11 is 0. The van der Waals surface area contributed by atoms with Crippen LogP contribution >= 0.6 is 0 Å². The summed E-state index contributed by atoms with van der Waals surface area (Å²) in [4.78, 5) is 12.0. The van der Waals surface area contributed by atoms with Crippen molar-refractivity contribution < 1.29 is 23.4 Å². The van der Waals surface area contributed by atoms with Crippen LogP contribution in [0.15, 0.2) is 72.8 Å². The van der Waals surface area contributed by atoms with Crippen LogP contribution in [0.4, 0.5) is 0 Å². The Labute approximate surface area is 234 Å². The zero-order valence-electron chi connectivity index (χ0n) is 24.2. The molecule has 0 bridgehead atoms. The van der Waals surface area contributed by atoms with Crippen LogP contribution in [0.1, 0.15) is 60.8 Å². The number of carbonyl (C=O) groups excluding carboxylic acids is 1. The van der Waals surface area contributed by atoms with Gasteiger partial charge in [-0.05, 0) is 66.9 Å². The minimum atomic E-state index is -2.02. The highest BCUT2D eigenvalue weighted by Crippen LogP contribution is 2.46. The molecule has 5 nitrogen and oxygen atoms in total. The molecule has 2 atom stereocenters.